The molecule has 1 rings (SSSR count). The van der Waals surface area contributed by atoms with Gasteiger partial charge in [0.25, 0.3) is 10.0 Å². The smallest absolute Gasteiger partial charge is 0.321 e. The highest BCUT2D eigenvalue weighted by atomic mass is 32.2. The van der Waals surface area contributed by atoms with E-state index in [1.54, 1.807) is 6.07 Å². The van der Waals surface area contributed by atoms with Crippen molar-refractivity contribution >= 4 is 39.1 Å². The van der Waals surface area contributed by atoms with Crippen LogP contribution in [-0.2, 0) is 21.2 Å². The number of carboxylic acids is 1. The van der Waals surface area contributed by atoms with E-state index < -0.39 is 22.0 Å². The molecule has 0 aliphatic carbocycles. The molecule has 2 N–H and O–H groups in total. The number of hydrogen-bond acceptors (Lipinski definition) is 5. The average molecular weight is 323 g/mol. The largest absolute Gasteiger partial charge is 0.480 e. The molecule has 108 valence electrons. The van der Waals surface area contributed by atoms with E-state index in [-0.39, 0.29) is 10.6 Å². The Morgan fingerprint density at radius 3 is 2.68 bits per heavy atom. The normalized spacial score (nSPS) is 13.4. The summed E-state index contributed by atoms with van der Waals surface area (Å²) in [5.41, 5.74) is 0. The highest BCUT2D eigenvalue weighted by Gasteiger charge is 2.25. The van der Waals surface area contributed by atoms with E-state index in [9.17, 15) is 13.2 Å². The number of carbonyl (C=O) groups is 1. The van der Waals surface area contributed by atoms with Crippen LogP contribution in [0.5, 0.6) is 0 Å². The SMILES string of the molecule is CCc1ccc(S(=O)(=O)N[C@H](CCSC)C(=O)O)s1. The van der Waals surface area contributed by atoms with Crippen LogP contribution in [0, 0.1) is 0 Å². The fraction of sp³-hybridized carbons (Fsp3) is 0.545. The zero-order valence-corrected chi connectivity index (χ0v) is 13.2. The zero-order chi connectivity index (χ0) is 14.5. The van der Waals surface area contributed by atoms with E-state index in [2.05, 4.69) is 4.72 Å². The van der Waals surface area contributed by atoms with Gasteiger partial charge in [0.05, 0.1) is 0 Å². The summed E-state index contributed by atoms with van der Waals surface area (Å²) < 4.78 is 26.6. The number of aliphatic carboxylic acids is 1. The molecule has 0 fully saturated rings. The van der Waals surface area contributed by atoms with Crippen LogP contribution in [-0.4, -0.2) is 37.5 Å². The summed E-state index contributed by atoms with van der Waals surface area (Å²) in [6.07, 6.45) is 2.87. The summed E-state index contributed by atoms with van der Waals surface area (Å²) in [6, 6.07) is 2.18. The predicted molar refractivity (Wildman–Crippen MR) is 78.4 cm³/mol. The van der Waals surface area contributed by atoms with Gasteiger partial charge in [-0.05, 0) is 37.0 Å². The molecule has 1 heterocycles. The predicted octanol–water partition coefficient (Wildman–Crippen LogP) is 1.80. The summed E-state index contributed by atoms with van der Waals surface area (Å²) in [5.74, 6) is -0.561. The lowest BCUT2D eigenvalue weighted by molar-refractivity contribution is -0.139. The first-order valence-corrected chi connectivity index (χ1v) is 9.42. The molecule has 0 radical (unpaired) electrons. The second-order valence-corrected chi connectivity index (χ2v) is 7.96. The molecule has 0 aromatic carbocycles. The van der Waals surface area contributed by atoms with Gasteiger partial charge in [0.2, 0.25) is 0 Å². The molecule has 0 aliphatic rings. The first kappa shape index (κ1) is 16.5. The van der Waals surface area contributed by atoms with Crippen LogP contribution in [0.1, 0.15) is 18.2 Å². The van der Waals surface area contributed by atoms with Crippen LogP contribution in [0.15, 0.2) is 16.3 Å². The van der Waals surface area contributed by atoms with E-state index in [4.69, 9.17) is 5.11 Å². The number of aryl methyl sites for hydroxylation is 1. The molecule has 19 heavy (non-hydrogen) atoms. The molecule has 8 heteroatoms. The number of sulfonamides is 1. The highest BCUT2D eigenvalue weighted by Crippen LogP contribution is 2.22. The Kier molecular flexibility index (Phi) is 6.31. The van der Waals surface area contributed by atoms with Crippen molar-refractivity contribution in [3.8, 4) is 0 Å². The van der Waals surface area contributed by atoms with Gasteiger partial charge in [-0.1, -0.05) is 6.92 Å². The lowest BCUT2D eigenvalue weighted by Crippen LogP contribution is -2.40. The Morgan fingerprint density at radius 1 is 1.53 bits per heavy atom. The molecule has 0 saturated heterocycles. The Labute approximate surface area is 121 Å². The van der Waals surface area contributed by atoms with Gasteiger partial charge in [-0.15, -0.1) is 11.3 Å². The van der Waals surface area contributed by atoms with Crippen molar-refractivity contribution in [2.45, 2.75) is 30.0 Å². The number of carboxylic acid groups (broad SMARTS) is 1. The quantitative estimate of drug-likeness (QED) is 0.762. The van der Waals surface area contributed by atoms with Gasteiger partial charge in [-0.3, -0.25) is 4.79 Å². The lowest BCUT2D eigenvalue weighted by atomic mass is 10.2. The fourth-order valence-corrected chi connectivity index (χ4v) is 4.41. The first-order chi connectivity index (χ1) is 8.90. The molecule has 1 aromatic rings. The van der Waals surface area contributed by atoms with Crippen LogP contribution in [0.4, 0.5) is 0 Å². The van der Waals surface area contributed by atoms with Crippen molar-refractivity contribution in [3.63, 3.8) is 0 Å². The summed E-state index contributed by atoms with van der Waals surface area (Å²) in [6.45, 7) is 1.94. The van der Waals surface area contributed by atoms with Gasteiger partial charge in [0.1, 0.15) is 10.3 Å². The van der Waals surface area contributed by atoms with Crippen LogP contribution in [0.25, 0.3) is 0 Å². The average Bonchev–Trinajstić information content (AvgIpc) is 2.83. The van der Waals surface area contributed by atoms with E-state index in [0.29, 0.717) is 5.75 Å². The minimum absolute atomic E-state index is 0.166. The second kappa shape index (κ2) is 7.28. The van der Waals surface area contributed by atoms with E-state index in [1.807, 2.05) is 13.2 Å². The number of rotatable bonds is 8. The molecule has 0 aliphatic heterocycles. The van der Waals surface area contributed by atoms with Crippen molar-refractivity contribution in [2.24, 2.45) is 0 Å². The maximum atomic E-state index is 12.1. The van der Waals surface area contributed by atoms with E-state index >= 15 is 0 Å². The summed E-state index contributed by atoms with van der Waals surface area (Å²) in [5, 5.41) is 9.03. The standard InChI is InChI=1S/C11H17NO4S3/c1-3-8-4-5-10(18-8)19(15,16)12-9(11(13)14)6-7-17-2/h4-5,9,12H,3,6-7H2,1-2H3,(H,13,14)/t9-/m1/s1. The summed E-state index contributed by atoms with van der Waals surface area (Å²) in [7, 11) is -3.75. The Bertz CT molecular complexity index is 524. The highest BCUT2D eigenvalue weighted by molar-refractivity contribution is 7.98. The molecule has 0 amide bonds. The summed E-state index contributed by atoms with van der Waals surface area (Å²) in [4.78, 5) is 12.0. The Hall–Kier alpha value is -0.570. The monoisotopic (exact) mass is 323 g/mol. The van der Waals surface area contributed by atoms with Crippen molar-refractivity contribution in [2.75, 3.05) is 12.0 Å². The number of thiophene rings is 1. The van der Waals surface area contributed by atoms with Crippen molar-refractivity contribution < 1.29 is 18.3 Å². The zero-order valence-electron chi connectivity index (χ0n) is 10.8. The van der Waals surface area contributed by atoms with Gasteiger partial charge in [-0.2, -0.15) is 16.5 Å². The molecular formula is C11H17NO4S3. The number of thioether (sulfide) groups is 1. The van der Waals surface area contributed by atoms with Gasteiger partial charge >= 0.3 is 5.97 Å². The van der Waals surface area contributed by atoms with Crippen molar-refractivity contribution in [1.82, 2.24) is 4.72 Å². The minimum Gasteiger partial charge on any atom is -0.480 e. The third kappa shape index (κ3) is 4.79. The molecule has 0 saturated carbocycles. The first-order valence-electron chi connectivity index (χ1n) is 5.73. The minimum atomic E-state index is -3.75. The van der Waals surface area contributed by atoms with Gasteiger partial charge in [0.15, 0.2) is 0 Å². The van der Waals surface area contributed by atoms with Crippen LogP contribution in [0.3, 0.4) is 0 Å². The van der Waals surface area contributed by atoms with Crippen molar-refractivity contribution in [1.29, 1.82) is 0 Å². The van der Waals surface area contributed by atoms with Gasteiger partial charge in [-0.25, -0.2) is 8.42 Å². The molecular weight excluding hydrogens is 306 g/mol. The Balaban J connectivity index is 2.84. The molecule has 1 atom stereocenters. The maximum absolute atomic E-state index is 12.1. The molecule has 1 aromatic heterocycles. The topological polar surface area (TPSA) is 83.5 Å². The molecule has 0 spiro atoms. The van der Waals surface area contributed by atoms with Gasteiger partial charge in [0, 0.05) is 4.88 Å². The number of nitrogens with one attached hydrogen (secondary N) is 1. The molecule has 0 bridgehead atoms. The third-order valence-electron chi connectivity index (χ3n) is 2.46. The maximum Gasteiger partial charge on any atom is 0.321 e. The fourth-order valence-electron chi connectivity index (χ4n) is 1.41. The Morgan fingerprint density at radius 2 is 2.21 bits per heavy atom. The van der Waals surface area contributed by atoms with Gasteiger partial charge < -0.3 is 5.11 Å². The lowest BCUT2D eigenvalue weighted by Gasteiger charge is -2.13. The summed E-state index contributed by atoms with van der Waals surface area (Å²) >= 11 is 2.65. The van der Waals surface area contributed by atoms with Crippen LogP contribution < -0.4 is 4.72 Å². The van der Waals surface area contributed by atoms with Crippen LogP contribution >= 0.6 is 23.1 Å². The number of hydrogen-bond donors (Lipinski definition) is 2. The van der Waals surface area contributed by atoms with Crippen molar-refractivity contribution in [3.05, 3.63) is 17.0 Å². The van der Waals surface area contributed by atoms with Crippen LogP contribution in [0.2, 0.25) is 0 Å². The third-order valence-corrected chi connectivity index (χ3v) is 6.29. The molecule has 0 unspecified atom stereocenters. The van der Waals surface area contributed by atoms with E-state index in [1.165, 1.54) is 29.2 Å². The molecule has 5 nitrogen and oxygen atoms in total. The second-order valence-electron chi connectivity index (χ2n) is 3.87. The van der Waals surface area contributed by atoms with E-state index in [0.717, 1.165) is 11.3 Å².